The fourth-order valence-electron chi connectivity index (χ4n) is 1.60. The van der Waals surface area contributed by atoms with E-state index in [1.807, 2.05) is 0 Å². The standard InChI is InChI=1S/C7H12O.CH2O3/c1-5-2-3-6-7(4-5)8-6;2-1(3)4/h5-7H,2-4H2,1H3;(H2,2,3,4). The lowest BCUT2D eigenvalue weighted by atomic mass is 9.91. The molecule has 4 heteroatoms. The largest absolute Gasteiger partial charge is 0.503 e. The summed E-state index contributed by atoms with van der Waals surface area (Å²) in [6.07, 6.45) is 3.57. The van der Waals surface area contributed by atoms with Gasteiger partial charge in [-0.25, -0.2) is 4.79 Å². The Kier molecular flexibility index (Phi) is 2.92. The van der Waals surface area contributed by atoms with Crippen molar-refractivity contribution in [2.24, 2.45) is 5.92 Å². The fraction of sp³-hybridized carbons (Fsp3) is 0.875. The van der Waals surface area contributed by atoms with Crippen molar-refractivity contribution in [2.75, 3.05) is 0 Å². The van der Waals surface area contributed by atoms with E-state index in [1.54, 1.807) is 0 Å². The number of carboxylic acid groups (broad SMARTS) is 2. The Morgan fingerprint density at radius 1 is 1.33 bits per heavy atom. The van der Waals surface area contributed by atoms with Gasteiger partial charge in [-0.15, -0.1) is 0 Å². The van der Waals surface area contributed by atoms with Crippen LogP contribution in [0.25, 0.3) is 0 Å². The van der Waals surface area contributed by atoms with Crippen molar-refractivity contribution in [1.29, 1.82) is 0 Å². The van der Waals surface area contributed by atoms with Crippen LogP contribution in [-0.4, -0.2) is 28.6 Å². The maximum absolute atomic E-state index is 8.56. The van der Waals surface area contributed by atoms with Crippen LogP contribution in [0.5, 0.6) is 0 Å². The molecule has 4 nitrogen and oxygen atoms in total. The van der Waals surface area contributed by atoms with Crippen LogP contribution in [-0.2, 0) is 4.74 Å². The van der Waals surface area contributed by atoms with Gasteiger partial charge in [0.05, 0.1) is 12.2 Å². The third-order valence-electron chi connectivity index (χ3n) is 2.27. The van der Waals surface area contributed by atoms with E-state index < -0.39 is 6.16 Å². The third kappa shape index (κ3) is 3.09. The topological polar surface area (TPSA) is 70.1 Å². The molecule has 0 bridgehead atoms. The Labute approximate surface area is 71.2 Å². The Morgan fingerprint density at radius 2 is 1.92 bits per heavy atom. The molecule has 12 heavy (non-hydrogen) atoms. The Morgan fingerprint density at radius 3 is 2.33 bits per heavy atom. The molecular formula is C8H14O4. The highest BCUT2D eigenvalue weighted by Crippen LogP contribution is 2.38. The molecule has 0 aromatic carbocycles. The number of hydrogen-bond acceptors (Lipinski definition) is 2. The zero-order valence-corrected chi connectivity index (χ0v) is 7.06. The lowest BCUT2D eigenvalue weighted by Gasteiger charge is -2.11. The monoisotopic (exact) mass is 174 g/mol. The zero-order chi connectivity index (χ0) is 9.14. The normalized spacial score (nSPS) is 37.2. The number of rotatable bonds is 0. The third-order valence-corrected chi connectivity index (χ3v) is 2.27. The summed E-state index contributed by atoms with van der Waals surface area (Å²) in [4.78, 5) is 8.56. The van der Waals surface area contributed by atoms with E-state index in [9.17, 15) is 0 Å². The van der Waals surface area contributed by atoms with Crippen molar-refractivity contribution in [1.82, 2.24) is 0 Å². The molecule has 2 fully saturated rings. The summed E-state index contributed by atoms with van der Waals surface area (Å²) in [5, 5.41) is 13.9. The Bertz CT molecular complexity index is 164. The number of hydrogen-bond donors (Lipinski definition) is 2. The van der Waals surface area contributed by atoms with Gasteiger partial charge in [0, 0.05) is 0 Å². The smallest absolute Gasteiger partial charge is 0.450 e. The van der Waals surface area contributed by atoms with Crippen LogP contribution >= 0.6 is 0 Å². The molecule has 0 spiro atoms. The predicted octanol–water partition coefficient (Wildman–Crippen LogP) is 1.80. The van der Waals surface area contributed by atoms with Gasteiger partial charge in [0.1, 0.15) is 0 Å². The van der Waals surface area contributed by atoms with Crippen LogP contribution in [0, 0.1) is 5.92 Å². The fourth-order valence-corrected chi connectivity index (χ4v) is 1.60. The second-order valence-electron chi connectivity index (χ2n) is 3.41. The Hall–Kier alpha value is -0.770. The van der Waals surface area contributed by atoms with Gasteiger partial charge in [-0.2, -0.15) is 0 Å². The minimum absolute atomic E-state index is 0.679. The number of carbonyl (C=O) groups is 1. The van der Waals surface area contributed by atoms with E-state index in [0.29, 0.717) is 12.2 Å². The van der Waals surface area contributed by atoms with Crippen LogP contribution in [0.3, 0.4) is 0 Å². The molecule has 3 atom stereocenters. The average molecular weight is 174 g/mol. The maximum atomic E-state index is 8.56. The van der Waals surface area contributed by atoms with Crippen molar-refractivity contribution in [2.45, 2.75) is 38.4 Å². The van der Waals surface area contributed by atoms with Gasteiger partial charge < -0.3 is 14.9 Å². The van der Waals surface area contributed by atoms with Crippen LogP contribution in [0.2, 0.25) is 0 Å². The maximum Gasteiger partial charge on any atom is 0.503 e. The summed E-state index contributed by atoms with van der Waals surface area (Å²) in [5.41, 5.74) is 0. The first-order valence-corrected chi connectivity index (χ1v) is 4.17. The summed E-state index contributed by atoms with van der Waals surface area (Å²) in [6, 6.07) is 0. The predicted molar refractivity (Wildman–Crippen MR) is 42.3 cm³/mol. The van der Waals surface area contributed by atoms with E-state index in [2.05, 4.69) is 6.92 Å². The van der Waals surface area contributed by atoms with Crippen LogP contribution in [0.4, 0.5) is 4.79 Å². The SMILES string of the molecule is CC1CCC2OC2C1.O=C(O)O. The van der Waals surface area contributed by atoms with E-state index in [4.69, 9.17) is 19.7 Å². The van der Waals surface area contributed by atoms with E-state index in [0.717, 1.165) is 5.92 Å². The van der Waals surface area contributed by atoms with Gasteiger partial charge in [-0.05, 0) is 25.2 Å². The molecule has 0 aromatic rings. The molecule has 2 N–H and O–H groups in total. The van der Waals surface area contributed by atoms with E-state index in [1.165, 1.54) is 19.3 Å². The molecule has 70 valence electrons. The quantitative estimate of drug-likeness (QED) is 0.549. The molecular weight excluding hydrogens is 160 g/mol. The lowest BCUT2D eigenvalue weighted by Crippen LogP contribution is -2.09. The summed E-state index contributed by atoms with van der Waals surface area (Å²) >= 11 is 0. The van der Waals surface area contributed by atoms with Crippen LogP contribution in [0.1, 0.15) is 26.2 Å². The highest BCUT2D eigenvalue weighted by atomic mass is 16.6. The van der Waals surface area contributed by atoms with Crippen molar-refractivity contribution < 1.29 is 19.7 Å². The first-order valence-electron chi connectivity index (χ1n) is 4.17. The summed E-state index contributed by atoms with van der Waals surface area (Å²) in [6.45, 7) is 2.32. The van der Waals surface area contributed by atoms with Crippen molar-refractivity contribution >= 4 is 6.16 Å². The average Bonchev–Trinajstić information content (AvgIpc) is 2.63. The molecule has 2 rings (SSSR count). The second-order valence-corrected chi connectivity index (χ2v) is 3.41. The minimum atomic E-state index is -1.83. The molecule has 3 unspecified atom stereocenters. The molecule has 0 aromatic heterocycles. The van der Waals surface area contributed by atoms with Gasteiger partial charge >= 0.3 is 6.16 Å². The van der Waals surface area contributed by atoms with Crippen LogP contribution < -0.4 is 0 Å². The summed E-state index contributed by atoms with van der Waals surface area (Å²) < 4.78 is 5.35. The van der Waals surface area contributed by atoms with Gasteiger partial charge in [-0.3, -0.25) is 0 Å². The molecule has 0 amide bonds. The number of ether oxygens (including phenoxy) is 1. The minimum Gasteiger partial charge on any atom is -0.450 e. The highest BCUT2D eigenvalue weighted by Gasteiger charge is 2.42. The van der Waals surface area contributed by atoms with Crippen LogP contribution in [0.15, 0.2) is 0 Å². The van der Waals surface area contributed by atoms with Gasteiger partial charge in [0.25, 0.3) is 0 Å². The summed E-state index contributed by atoms with van der Waals surface area (Å²) in [5.74, 6) is 0.929. The van der Waals surface area contributed by atoms with Crippen molar-refractivity contribution in [3.05, 3.63) is 0 Å². The number of fused-ring (bicyclic) bond motifs is 1. The van der Waals surface area contributed by atoms with Gasteiger partial charge in [0.15, 0.2) is 0 Å². The molecule has 1 heterocycles. The Balaban J connectivity index is 0.000000157. The first-order chi connectivity index (χ1) is 5.59. The molecule has 2 aliphatic rings. The van der Waals surface area contributed by atoms with Crippen molar-refractivity contribution in [3.63, 3.8) is 0 Å². The molecule has 1 saturated heterocycles. The summed E-state index contributed by atoms with van der Waals surface area (Å²) in [7, 11) is 0. The lowest BCUT2D eigenvalue weighted by molar-refractivity contribution is 0.137. The molecule has 1 saturated carbocycles. The van der Waals surface area contributed by atoms with E-state index >= 15 is 0 Å². The second kappa shape index (κ2) is 3.76. The van der Waals surface area contributed by atoms with Gasteiger partial charge in [0.2, 0.25) is 0 Å². The first kappa shape index (κ1) is 9.32. The number of epoxide rings is 1. The van der Waals surface area contributed by atoms with E-state index in [-0.39, 0.29) is 0 Å². The van der Waals surface area contributed by atoms with Gasteiger partial charge in [-0.1, -0.05) is 6.92 Å². The highest BCUT2D eigenvalue weighted by molar-refractivity contribution is 5.53. The molecule has 1 aliphatic heterocycles. The van der Waals surface area contributed by atoms with Crippen molar-refractivity contribution in [3.8, 4) is 0 Å². The molecule has 1 aliphatic carbocycles. The molecule has 0 radical (unpaired) electrons. The zero-order valence-electron chi connectivity index (χ0n) is 7.06.